The molecule has 3 aromatic rings. The van der Waals surface area contributed by atoms with Crippen molar-refractivity contribution in [3.63, 3.8) is 0 Å². The average molecular weight is 455 g/mol. The molecule has 0 atom stereocenters. The number of rotatable bonds is 5. The SMILES string of the molecule is CCc1c(CCN2CCC(c3coc4ccc(F)cc34)CC2)sc2c1CCN(C(C)=O)C2. The van der Waals surface area contributed by atoms with E-state index in [1.54, 1.807) is 19.1 Å². The van der Waals surface area contributed by atoms with Gasteiger partial charge in [-0.3, -0.25) is 4.79 Å². The number of furan rings is 1. The topological polar surface area (TPSA) is 36.7 Å². The van der Waals surface area contributed by atoms with Crippen molar-refractivity contribution in [2.75, 3.05) is 26.2 Å². The fourth-order valence-electron chi connectivity index (χ4n) is 5.47. The van der Waals surface area contributed by atoms with Crippen LogP contribution in [0.25, 0.3) is 11.0 Å². The van der Waals surface area contributed by atoms with Gasteiger partial charge < -0.3 is 14.2 Å². The first-order chi connectivity index (χ1) is 15.5. The van der Waals surface area contributed by atoms with E-state index in [2.05, 4.69) is 11.8 Å². The predicted octanol–water partition coefficient (Wildman–Crippen LogP) is 5.52. The number of hydrogen-bond acceptors (Lipinski definition) is 4. The molecule has 0 bridgehead atoms. The minimum absolute atomic E-state index is 0.180. The Labute approximate surface area is 193 Å². The van der Waals surface area contributed by atoms with Crippen molar-refractivity contribution in [2.45, 2.75) is 58.4 Å². The number of likely N-dealkylation sites (tertiary alicyclic amines) is 1. The smallest absolute Gasteiger partial charge is 0.219 e. The highest BCUT2D eigenvalue weighted by molar-refractivity contribution is 7.12. The molecular weight excluding hydrogens is 423 g/mol. The minimum atomic E-state index is -0.200. The summed E-state index contributed by atoms with van der Waals surface area (Å²) in [6.07, 6.45) is 7.16. The zero-order valence-corrected chi connectivity index (χ0v) is 19.8. The van der Waals surface area contributed by atoms with Gasteiger partial charge in [-0.05, 0) is 80.4 Å². The van der Waals surface area contributed by atoms with Crippen molar-refractivity contribution in [2.24, 2.45) is 0 Å². The standard InChI is InChI=1S/C26H31FN2O2S/c1-3-20-21-8-13-29(17(2)30)15-26(21)32-25(20)9-12-28-10-6-18(7-11-28)23-16-31-24-5-4-19(27)14-22(23)24/h4-5,14,16,18H,3,6-13,15H2,1-2H3. The Balaban J connectivity index is 1.21. The number of nitrogens with zero attached hydrogens (tertiary/aromatic N) is 2. The van der Waals surface area contributed by atoms with Crippen LogP contribution in [0.5, 0.6) is 0 Å². The lowest BCUT2D eigenvalue weighted by atomic mass is 9.89. The number of benzene rings is 1. The number of thiophene rings is 1. The summed E-state index contributed by atoms with van der Waals surface area (Å²) in [6, 6.07) is 4.80. The van der Waals surface area contributed by atoms with Crippen LogP contribution in [0.3, 0.4) is 0 Å². The van der Waals surface area contributed by atoms with E-state index in [0.29, 0.717) is 5.92 Å². The molecule has 0 radical (unpaired) electrons. The van der Waals surface area contributed by atoms with Crippen molar-refractivity contribution in [3.8, 4) is 0 Å². The Hall–Kier alpha value is -2.18. The Bertz CT molecular complexity index is 1130. The van der Waals surface area contributed by atoms with Gasteiger partial charge in [0, 0.05) is 40.7 Å². The maximum absolute atomic E-state index is 13.7. The molecular formula is C26H31FN2O2S. The maximum atomic E-state index is 13.7. The van der Waals surface area contributed by atoms with Crippen LogP contribution in [-0.2, 0) is 30.6 Å². The summed E-state index contributed by atoms with van der Waals surface area (Å²) in [5.74, 6) is 0.418. The van der Waals surface area contributed by atoms with Crippen molar-refractivity contribution >= 4 is 28.2 Å². The molecule has 4 heterocycles. The summed E-state index contributed by atoms with van der Waals surface area (Å²) in [7, 11) is 0. The van der Waals surface area contributed by atoms with Crippen molar-refractivity contribution in [3.05, 3.63) is 56.7 Å². The number of piperidine rings is 1. The average Bonchev–Trinajstić information content (AvgIpc) is 3.37. The second-order valence-electron chi connectivity index (χ2n) is 9.15. The molecule has 0 unspecified atom stereocenters. The molecule has 4 nitrogen and oxygen atoms in total. The van der Waals surface area contributed by atoms with E-state index in [1.807, 2.05) is 22.5 Å². The summed E-state index contributed by atoms with van der Waals surface area (Å²) in [4.78, 5) is 19.3. The first-order valence-electron chi connectivity index (χ1n) is 11.8. The van der Waals surface area contributed by atoms with Crippen LogP contribution in [0.4, 0.5) is 4.39 Å². The van der Waals surface area contributed by atoms with E-state index in [4.69, 9.17) is 4.42 Å². The lowest BCUT2D eigenvalue weighted by Crippen LogP contribution is -2.34. The number of carbonyl (C=O) groups excluding carboxylic acids is 1. The van der Waals surface area contributed by atoms with Crippen molar-refractivity contribution in [1.82, 2.24) is 9.80 Å². The molecule has 0 spiro atoms. The summed E-state index contributed by atoms with van der Waals surface area (Å²) >= 11 is 1.93. The number of fused-ring (bicyclic) bond motifs is 2. The van der Waals surface area contributed by atoms with Gasteiger partial charge in [-0.15, -0.1) is 11.3 Å². The number of halogens is 1. The van der Waals surface area contributed by atoms with Gasteiger partial charge in [-0.1, -0.05) is 6.92 Å². The van der Waals surface area contributed by atoms with Crippen LogP contribution in [0, 0.1) is 5.82 Å². The lowest BCUT2D eigenvalue weighted by molar-refractivity contribution is -0.129. The third kappa shape index (κ3) is 4.11. The van der Waals surface area contributed by atoms with Gasteiger partial charge in [-0.25, -0.2) is 4.39 Å². The molecule has 32 heavy (non-hydrogen) atoms. The van der Waals surface area contributed by atoms with Gasteiger partial charge in [0.2, 0.25) is 5.91 Å². The molecule has 1 aromatic carbocycles. The first-order valence-corrected chi connectivity index (χ1v) is 12.6. The number of hydrogen-bond donors (Lipinski definition) is 0. The third-order valence-corrected chi connectivity index (χ3v) is 8.62. The van der Waals surface area contributed by atoms with Gasteiger partial charge in [0.05, 0.1) is 12.8 Å². The molecule has 0 saturated carbocycles. The summed E-state index contributed by atoms with van der Waals surface area (Å²) < 4.78 is 19.4. The van der Waals surface area contributed by atoms with E-state index in [1.165, 1.54) is 26.9 Å². The molecule has 6 heteroatoms. The summed E-state index contributed by atoms with van der Waals surface area (Å²) in [5.41, 5.74) is 4.99. The molecule has 2 aromatic heterocycles. The van der Waals surface area contributed by atoms with E-state index < -0.39 is 0 Å². The Morgan fingerprint density at radius 1 is 1.25 bits per heavy atom. The van der Waals surface area contributed by atoms with Gasteiger partial charge >= 0.3 is 0 Å². The largest absolute Gasteiger partial charge is 0.464 e. The van der Waals surface area contributed by atoms with Gasteiger partial charge in [0.25, 0.3) is 0 Å². The minimum Gasteiger partial charge on any atom is -0.464 e. The molecule has 1 fully saturated rings. The molecule has 2 aliphatic heterocycles. The van der Waals surface area contributed by atoms with E-state index in [9.17, 15) is 9.18 Å². The summed E-state index contributed by atoms with van der Waals surface area (Å²) in [5, 5.41) is 0.930. The van der Waals surface area contributed by atoms with Crippen LogP contribution in [0.15, 0.2) is 28.9 Å². The maximum Gasteiger partial charge on any atom is 0.219 e. The molecule has 0 N–H and O–H groups in total. The van der Waals surface area contributed by atoms with Gasteiger partial charge in [0.15, 0.2) is 0 Å². The Morgan fingerprint density at radius 2 is 2.06 bits per heavy atom. The van der Waals surface area contributed by atoms with Crippen molar-refractivity contribution in [1.29, 1.82) is 0 Å². The fourth-order valence-corrected chi connectivity index (χ4v) is 6.92. The van der Waals surface area contributed by atoms with Crippen LogP contribution >= 0.6 is 11.3 Å². The third-order valence-electron chi connectivity index (χ3n) is 7.30. The highest BCUT2D eigenvalue weighted by Gasteiger charge is 2.26. The number of amides is 1. The second kappa shape index (κ2) is 8.99. The zero-order chi connectivity index (χ0) is 22.2. The molecule has 170 valence electrons. The van der Waals surface area contributed by atoms with Crippen LogP contribution in [0.1, 0.15) is 59.1 Å². The van der Waals surface area contributed by atoms with E-state index in [0.717, 1.165) is 81.4 Å². The molecule has 1 saturated heterocycles. The molecule has 2 aliphatic rings. The number of carbonyl (C=O) groups is 1. The van der Waals surface area contributed by atoms with E-state index >= 15 is 0 Å². The van der Waals surface area contributed by atoms with Crippen LogP contribution < -0.4 is 0 Å². The quantitative estimate of drug-likeness (QED) is 0.509. The van der Waals surface area contributed by atoms with Crippen LogP contribution in [0.2, 0.25) is 0 Å². The van der Waals surface area contributed by atoms with E-state index in [-0.39, 0.29) is 11.7 Å². The van der Waals surface area contributed by atoms with Gasteiger partial charge in [0.1, 0.15) is 11.4 Å². The fraction of sp³-hybridized carbons (Fsp3) is 0.500. The first kappa shape index (κ1) is 21.7. The monoisotopic (exact) mass is 454 g/mol. The van der Waals surface area contributed by atoms with Gasteiger partial charge in [-0.2, -0.15) is 0 Å². The molecule has 1 amide bonds. The Morgan fingerprint density at radius 3 is 2.81 bits per heavy atom. The normalized spacial score (nSPS) is 17.8. The lowest BCUT2D eigenvalue weighted by Gasteiger charge is -2.31. The highest BCUT2D eigenvalue weighted by Crippen LogP contribution is 2.36. The predicted molar refractivity (Wildman–Crippen MR) is 127 cm³/mol. The Kier molecular flexibility index (Phi) is 6.08. The highest BCUT2D eigenvalue weighted by atomic mass is 32.1. The molecule has 0 aliphatic carbocycles. The van der Waals surface area contributed by atoms with Crippen LogP contribution in [-0.4, -0.2) is 41.9 Å². The van der Waals surface area contributed by atoms with Crippen molar-refractivity contribution < 1.29 is 13.6 Å². The zero-order valence-electron chi connectivity index (χ0n) is 19.0. The summed E-state index contributed by atoms with van der Waals surface area (Å²) in [6.45, 7) is 8.78. The molecule has 5 rings (SSSR count). The second-order valence-corrected chi connectivity index (χ2v) is 10.3.